The Bertz CT molecular complexity index is 385. The molecule has 0 saturated carbocycles. The van der Waals surface area contributed by atoms with E-state index in [1.165, 1.54) is 56.8 Å². The van der Waals surface area contributed by atoms with Crippen LogP contribution in [0.1, 0.15) is 37.4 Å². The van der Waals surface area contributed by atoms with Crippen LogP contribution in [0.2, 0.25) is 0 Å². The highest BCUT2D eigenvalue weighted by atomic mass is 15.2. The molecule has 0 aromatic carbocycles. The summed E-state index contributed by atoms with van der Waals surface area (Å²) in [6, 6.07) is 7.05. The van der Waals surface area contributed by atoms with Gasteiger partial charge < -0.3 is 4.90 Å². The van der Waals surface area contributed by atoms with Crippen molar-refractivity contribution in [1.82, 2.24) is 9.88 Å². The molecule has 2 fully saturated rings. The van der Waals surface area contributed by atoms with Crippen molar-refractivity contribution in [2.75, 3.05) is 31.6 Å². The fourth-order valence-electron chi connectivity index (χ4n) is 3.03. The average Bonchev–Trinajstić information content (AvgIpc) is 2.99. The largest absolute Gasteiger partial charge is 0.357 e. The quantitative estimate of drug-likeness (QED) is 0.779. The highest BCUT2D eigenvalue weighted by molar-refractivity contribution is 5.40. The first kappa shape index (κ1) is 11.0. The van der Waals surface area contributed by atoms with E-state index in [0.29, 0.717) is 6.04 Å². The van der Waals surface area contributed by atoms with Crippen LogP contribution in [0.4, 0.5) is 5.82 Å². The second kappa shape index (κ2) is 4.65. The van der Waals surface area contributed by atoms with Crippen molar-refractivity contribution in [2.45, 2.75) is 31.7 Å². The molecule has 92 valence electrons. The first-order valence-electron chi connectivity index (χ1n) is 6.77. The number of nitrogens with zero attached hydrogens (tertiary/aromatic N) is 3. The van der Waals surface area contributed by atoms with Crippen molar-refractivity contribution in [2.24, 2.45) is 0 Å². The fraction of sp³-hybridized carbons (Fsp3) is 0.643. The van der Waals surface area contributed by atoms with E-state index in [1.54, 1.807) is 0 Å². The molecule has 0 N–H and O–H groups in total. The first-order valence-corrected chi connectivity index (χ1v) is 6.77. The van der Waals surface area contributed by atoms with E-state index in [4.69, 9.17) is 4.98 Å². The smallest absolute Gasteiger partial charge is 0.128 e. The van der Waals surface area contributed by atoms with E-state index >= 15 is 0 Å². The summed E-state index contributed by atoms with van der Waals surface area (Å²) in [5, 5.41) is 0. The van der Waals surface area contributed by atoms with Crippen molar-refractivity contribution < 1.29 is 0 Å². The summed E-state index contributed by atoms with van der Waals surface area (Å²) in [5.41, 5.74) is 1.26. The fourth-order valence-corrected chi connectivity index (χ4v) is 3.03. The zero-order valence-corrected chi connectivity index (χ0v) is 10.6. The molecule has 0 radical (unpaired) electrons. The molecule has 3 rings (SSSR count). The number of hydrogen-bond donors (Lipinski definition) is 0. The lowest BCUT2D eigenvalue weighted by molar-refractivity contribution is 0.312. The Balaban J connectivity index is 1.83. The van der Waals surface area contributed by atoms with Crippen LogP contribution in [-0.4, -0.2) is 36.6 Å². The minimum Gasteiger partial charge on any atom is -0.357 e. The van der Waals surface area contributed by atoms with E-state index in [9.17, 15) is 0 Å². The van der Waals surface area contributed by atoms with Gasteiger partial charge in [0.15, 0.2) is 0 Å². The van der Waals surface area contributed by atoms with Crippen LogP contribution in [0.5, 0.6) is 0 Å². The normalized spacial score (nSPS) is 25.7. The molecule has 0 bridgehead atoms. The molecule has 1 atom stereocenters. The number of likely N-dealkylation sites (tertiary alicyclic amines) is 1. The molecule has 0 amide bonds. The molecular weight excluding hydrogens is 210 g/mol. The summed E-state index contributed by atoms with van der Waals surface area (Å²) >= 11 is 0. The van der Waals surface area contributed by atoms with Crippen molar-refractivity contribution in [3.63, 3.8) is 0 Å². The topological polar surface area (TPSA) is 19.4 Å². The molecule has 2 aliphatic heterocycles. The van der Waals surface area contributed by atoms with Crippen LogP contribution < -0.4 is 4.90 Å². The Morgan fingerprint density at radius 1 is 1.12 bits per heavy atom. The van der Waals surface area contributed by atoms with E-state index in [1.807, 2.05) is 0 Å². The summed E-state index contributed by atoms with van der Waals surface area (Å²) in [4.78, 5) is 9.71. The first-order chi connectivity index (χ1) is 8.34. The van der Waals surface area contributed by atoms with Gasteiger partial charge in [0, 0.05) is 13.1 Å². The monoisotopic (exact) mass is 231 g/mol. The Morgan fingerprint density at radius 2 is 1.94 bits per heavy atom. The lowest BCUT2D eigenvalue weighted by Crippen LogP contribution is -2.22. The highest BCUT2D eigenvalue weighted by Gasteiger charge is 2.24. The van der Waals surface area contributed by atoms with Crippen LogP contribution >= 0.6 is 0 Å². The lowest BCUT2D eigenvalue weighted by atomic mass is 10.1. The predicted molar refractivity (Wildman–Crippen MR) is 70.3 cm³/mol. The third-order valence-electron chi connectivity index (χ3n) is 4.05. The predicted octanol–water partition coefficient (Wildman–Crippen LogP) is 2.45. The number of rotatable bonds is 2. The van der Waals surface area contributed by atoms with E-state index in [0.717, 1.165) is 0 Å². The van der Waals surface area contributed by atoms with Gasteiger partial charge in [0.1, 0.15) is 5.82 Å². The molecule has 3 heteroatoms. The average molecular weight is 231 g/mol. The van der Waals surface area contributed by atoms with Crippen LogP contribution in [-0.2, 0) is 0 Å². The number of aromatic nitrogens is 1. The third-order valence-corrected chi connectivity index (χ3v) is 4.05. The summed E-state index contributed by atoms with van der Waals surface area (Å²) in [6.45, 7) is 3.56. The maximum atomic E-state index is 4.87. The van der Waals surface area contributed by atoms with Gasteiger partial charge in [0.05, 0.1) is 11.7 Å². The van der Waals surface area contributed by atoms with Crippen LogP contribution in [0.25, 0.3) is 0 Å². The van der Waals surface area contributed by atoms with Crippen LogP contribution in [0.15, 0.2) is 18.2 Å². The second-order valence-electron chi connectivity index (χ2n) is 5.25. The van der Waals surface area contributed by atoms with Gasteiger partial charge in [0.2, 0.25) is 0 Å². The molecule has 1 aromatic heterocycles. The Morgan fingerprint density at radius 3 is 2.65 bits per heavy atom. The summed E-state index contributed by atoms with van der Waals surface area (Å²) in [7, 11) is 2.21. The molecular formula is C14H21N3. The minimum atomic E-state index is 0.539. The van der Waals surface area contributed by atoms with Crippen molar-refractivity contribution in [3.05, 3.63) is 23.9 Å². The van der Waals surface area contributed by atoms with Gasteiger partial charge in [0.25, 0.3) is 0 Å². The van der Waals surface area contributed by atoms with Gasteiger partial charge in [-0.05, 0) is 51.4 Å². The summed E-state index contributed by atoms with van der Waals surface area (Å²) < 4.78 is 0. The molecule has 0 unspecified atom stereocenters. The van der Waals surface area contributed by atoms with Gasteiger partial charge >= 0.3 is 0 Å². The minimum absolute atomic E-state index is 0.539. The number of pyridine rings is 1. The molecule has 2 aliphatic rings. The molecule has 2 saturated heterocycles. The van der Waals surface area contributed by atoms with E-state index in [2.05, 4.69) is 35.0 Å². The second-order valence-corrected chi connectivity index (χ2v) is 5.25. The molecule has 0 spiro atoms. The van der Waals surface area contributed by atoms with Crippen molar-refractivity contribution in [3.8, 4) is 0 Å². The van der Waals surface area contributed by atoms with Gasteiger partial charge in [-0.25, -0.2) is 4.98 Å². The number of anilines is 1. The van der Waals surface area contributed by atoms with E-state index in [-0.39, 0.29) is 0 Å². The molecule has 0 aliphatic carbocycles. The Labute approximate surface area is 103 Å². The standard InChI is InChI=1S/C14H21N3/c1-16-9-5-7-13(16)12-6-4-8-14(15-12)17-10-2-3-11-17/h4,6,8,13H,2-3,5,7,9-11H2,1H3/t13-/m1/s1. The van der Waals surface area contributed by atoms with Crippen LogP contribution in [0.3, 0.4) is 0 Å². The Kier molecular flexibility index (Phi) is 3.02. The highest BCUT2D eigenvalue weighted by Crippen LogP contribution is 2.30. The molecule has 3 heterocycles. The third kappa shape index (κ3) is 2.16. The number of hydrogen-bond acceptors (Lipinski definition) is 3. The molecule has 3 nitrogen and oxygen atoms in total. The van der Waals surface area contributed by atoms with Gasteiger partial charge in [-0.3, -0.25) is 4.90 Å². The van der Waals surface area contributed by atoms with Crippen molar-refractivity contribution >= 4 is 5.82 Å². The lowest BCUT2D eigenvalue weighted by Gasteiger charge is -2.22. The maximum Gasteiger partial charge on any atom is 0.128 e. The molecule has 17 heavy (non-hydrogen) atoms. The van der Waals surface area contributed by atoms with Crippen LogP contribution in [0, 0.1) is 0 Å². The van der Waals surface area contributed by atoms with Gasteiger partial charge in [-0.2, -0.15) is 0 Å². The molecule has 1 aromatic rings. The zero-order chi connectivity index (χ0) is 11.7. The van der Waals surface area contributed by atoms with E-state index < -0.39 is 0 Å². The summed E-state index contributed by atoms with van der Waals surface area (Å²) in [6.07, 6.45) is 5.19. The van der Waals surface area contributed by atoms with Crippen molar-refractivity contribution in [1.29, 1.82) is 0 Å². The zero-order valence-electron chi connectivity index (χ0n) is 10.6. The van der Waals surface area contributed by atoms with Gasteiger partial charge in [-0.1, -0.05) is 6.07 Å². The SMILES string of the molecule is CN1CCC[C@@H]1c1cccc(N2CCCC2)n1. The Hall–Kier alpha value is -1.09. The summed E-state index contributed by atoms with van der Waals surface area (Å²) in [5.74, 6) is 1.18. The van der Waals surface area contributed by atoms with Gasteiger partial charge in [-0.15, -0.1) is 0 Å². The maximum absolute atomic E-state index is 4.87.